The second-order valence-corrected chi connectivity index (χ2v) is 5.12. The summed E-state index contributed by atoms with van der Waals surface area (Å²) < 4.78 is 13.1. The van der Waals surface area contributed by atoms with Gasteiger partial charge in [-0.15, -0.1) is 0 Å². The van der Waals surface area contributed by atoms with Crippen LogP contribution in [0.3, 0.4) is 0 Å². The third-order valence-electron chi connectivity index (χ3n) is 3.43. The van der Waals surface area contributed by atoms with Crippen molar-refractivity contribution in [3.05, 3.63) is 29.0 Å². The number of halogens is 2. The highest BCUT2D eigenvalue weighted by Crippen LogP contribution is 2.32. The third kappa shape index (κ3) is 3.00. The summed E-state index contributed by atoms with van der Waals surface area (Å²) in [5.74, 6) is -0.393. The van der Waals surface area contributed by atoms with Crippen molar-refractivity contribution >= 4 is 23.2 Å². The predicted molar refractivity (Wildman–Crippen MR) is 69.9 cm³/mol. The molecule has 0 bridgehead atoms. The number of nitrogens with two attached hydrogens (primary N) is 1. The van der Waals surface area contributed by atoms with Gasteiger partial charge >= 0.3 is 0 Å². The maximum absolute atomic E-state index is 13.1. The van der Waals surface area contributed by atoms with Crippen LogP contribution in [0.5, 0.6) is 0 Å². The lowest BCUT2D eigenvalue weighted by Gasteiger charge is -2.17. The van der Waals surface area contributed by atoms with E-state index in [9.17, 15) is 9.18 Å². The molecular weight excluding hydrogens is 255 g/mol. The van der Waals surface area contributed by atoms with E-state index in [4.69, 9.17) is 17.3 Å². The van der Waals surface area contributed by atoms with Crippen molar-refractivity contribution in [1.82, 2.24) is 0 Å². The Hall–Kier alpha value is -1.13. The number of hydrogen-bond donors (Lipinski definition) is 2. The molecule has 1 saturated carbocycles. The first-order valence-electron chi connectivity index (χ1n) is 6.07. The molecule has 0 heterocycles. The number of amides is 1. The van der Waals surface area contributed by atoms with Gasteiger partial charge in [-0.3, -0.25) is 4.79 Å². The molecule has 1 fully saturated rings. The van der Waals surface area contributed by atoms with Gasteiger partial charge in [0.15, 0.2) is 0 Å². The summed E-state index contributed by atoms with van der Waals surface area (Å²) in [7, 11) is 0. The molecule has 2 rings (SSSR count). The Bertz CT molecular complexity index is 432. The van der Waals surface area contributed by atoms with Gasteiger partial charge in [0.1, 0.15) is 5.82 Å². The standard InChI is InChI=1S/C13H16ClFN2O/c14-9-4-10(15)6-11(5-9)17-13(18)12-3-1-2-8(12)7-16/h4-6,8,12H,1-3,7,16H2,(H,17,18). The second kappa shape index (κ2) is 5.67. The second-order valence-electron chi connectivity index (χ2n) is 4.68. The van der Waals surface area contributed by atoms with E-state index in [1.807, 2.05) is 0 Å². The summed E-state index contributed by atoms with van der Waals surface area (Å²) in [6, 6.07) is 4.00. The van der Waals surface area contributed by atoms with Gasteiger partial charge < -0.3 is 11.1 Å². The minimum Gasteiger partial charge on any atom is -0.330 e. The van der Waals surface area contributed by atoms with Gasteiger partial charge in [0.05, 0.1) is 0 Å². The van der Waals surface area contributed by atoms with Crippen molar-refractivity contribution in [2.45, 2.75) is 19.3 Å². The van der Waals surface area contributed by atoms with Crippen molar-refractivity contribution in [3.8, 4) is 0 Å². The Labute approximate surface area is 111 Å². The highest BCUT2D eigenvalue weighted by atomic mass is 35.5. The predicted octanol–water partition coefficient (Wildman–Crippen LogP) is 2.79. The van der Waals surface area contributed by atoms with Crippen LogP contribution >= 0.6 is 11.6 Å². The van der Waals surface area contributed by atoms with E-state index in [-0.39, 0.29) is 22.8 Å². The molecule has 5 heteroatoms. The fourth-order valence-electron chi connectivity index (χ4n) is 2.53. The molecule has 1 aliphatic carbocycles. The Morgan fingerprint density at radius 2 is 2.22 bits per heavy atom. The third-order valence-corrected chi connectivity index (χ3v) is 3.65. The molecule has 0 radical (unpaired) electrons. The van der Waals surface area contributed by atoms with Crippen molar-refractivity contribution < 1.29 is 9.18 Å². The number of nitrogens with one attached hydrogen (secondary N) is 1. The molecule has 1 aromatic rings. The minimum atomic E-state index is -0.459. The zero-order valence-corrected chi connectivity index (χ0v) is 10.7. The summed E-state index contributed by atoms with van der Waals surface area (Å²) in [5, 5.41) is 2.98. The molecule has 1 aromatic carbocycles. The van der Waals surface area contributed by atoms with Gasteiger partial charge in [-0.25, -0.2) is 4.39 Å². The summed E-state index contributed by atoms with van der Waals surface area (Å²) in [4.78, 5) is 12.1. The number of anilines is 1. The van der Waals surface area contributed by atoms with Crippen LogP contribution in [-0.2, 0) is 4.79 Å². The van der Waals surface area contributed by atoms with Gasteiger partial charge in [-0.2, -0.15) is 0 Å². The number of hydrogen-bond acceptors (Lipinski definition) is 2. The first kappa shape index (κ1) is 13.3. The van der Waals surface area contributed by atoms with E-state index in [2.05, 4.69) is 5.32 Å². The lowest BCUT2D eigenvalue weighted by molar-refractivity contribution is -0.120. The average molecular weight is 271 g/mol. The van der Waals surface area contributed by atoms with Crippen LogP contribution in [0.15, 0.2) is 18.2 Å². The van der Waals surface area contributed by atoms with Gasteiger partial charge in [-0.1, -0.05) is 18.0 Å². The lowest BCUT2D eigenvalue weighted by atomic mass is 9.95. The van der Waals surface area contributed by atoms with Gasteiger partial charge in [0.25, 0.3) is 0 Å². The molecule has 2 unspecified atom stereocenters. The highest BCUT2D eigenvalue weighted by Gasteiger charge is 2.31. The quantitative estimate of drug-likeness (QED) is 0.887. The molecule has 2 atom stereocenters. The number of carbonyl (C=O) groups is 1. The monoisotopic (exact) mass is 270 g/mol. The van der Waals surface area contributed by atoms with Crippen LogP contribution in [0.2, 0.25) is 5.02 Å². The molecule has 98 valence electrons. The van der Waals surface area contributed by atoms with Crippen LogP contribution < -0.4 is 11.1 Å². The molecule has 0 spiro atoms. The Kier molecular flexibility index (Phi) is 4.19. The van der Waals surface area contributed by atoms with Crippen LogP contribution in [0, 0.1) is 17.7 Å². The fraction of sp³-hybridized carbons (Fsp3) is 0.462. The fourth-order valence-corrected chi connectivity index (χ4v) is 2.75. The van der Waals surface area contributed by atoms with Crippen molar-refractivity contribution in [1.29, 1.82) is 0 Å². The van der Waals surface area contributed by atoms with E-state index in [0.29, 0.717) is 12.2 Å². The van der Waals surface area contributed by atoms with Crippen LogP contribution in [0.1, 0.15) is 19.3 Å². The number of carbonyl (C=O) groups excluding carboxylic acids is 1. The largest absolute Gasteiger partial charge is 0.330 e. The van der Waals surface area contributed by atoms with Gasteiger partial charge in [-0.05, 0) is 43.5 Å². The minimum absolute atomic E-state index is 0.0722. The van der Waals surface area contributed by atoms with E-state index in [0.717, 1.165) is 19.3 Å². The Morgan fingerprint density at radius 3 is 2.89 bits per heavy atom. The van der Waals surface area contributed by atoms with Crippen LogP contribution in [0.25, 0.3) is 0 Å². The topological polar surface area (TPSA) is 55.1 Å². The molecule has 0 saturated heterocycles. The van der Waals surface area contributed by atoms with E-state index in [1.54, 1.807) is 0 Å². The zero-order valence-electron chi connectivity index (χ0n) is 9.96. The first-order valence-corrected chi connectivity index (χ1v) is 6.45. The molecule has 18 heavy (non-hydrogen) atoms. The zero-order chi connectivity index (χ0) is 13.1. The normalized spacial score (nSPS) is 23.1. The van der Waals surface area contributed by atoms with Crippen LogP contribution in [-0.4, -0.2) is 12.5 Å². The SMILES string of the molecule is NCC1CCCC1C(=O)Nc1cc(F)cc(Cl)c1. The summed E-state index contributed by atoms with van der Waals surface area (Å²) in [6.45, 7) is 0.516. The van der Waals surface area contributed by atoms with Gasteiger partial charge in [0, 0.05) is 16.6 Å². The maximum atomic E-state index is 13.1. The molecule has 3 nitrogen and oxygen atoms in total. The molecule has 1 aliphatic rings. The van der Waals surface area contributed by atoms with E-state index >= 15 is 0 Å². The smallest absolute Gasteiger partial charge is 0.227 e. The number of rotatable bonds is 3. The Balaban J connectivity index is 2.06. The number of benzene rings is 1. The molecule has 3 N–H and O–H groups in total. The van der Waals surface area contributed by atoms with E-state index in [1.165, 1.54) is 18.2 Å². The summed E-state index contributed by atoms with van der Waals surface area (Å²) in [6.07, 6.45) is 2.85. The Morgan fingerprint density at radius 1 is 1.44 bits per heavy atom. The van der Waals surface area contributed by atoms with Crippen molar-refractivity contribution in [2.75, 3.05) is 11.9 Å². The maximum Gasteiger partial charge on any atom is 0.227 e. The molecule has 1 amide bonds. The van der Waals surface area contributed by atoms with E-state index < -0.39 is 5.82 Å². The van der Waals surface area contributed by atoms with Crippen molar-refractivity contribution in [3.63, 3.8) is 0 Å². The molecule has 0 aromatic heterocycles. The lowest BCUT2D eigenvalue weighted by Crippen LogP contribution is -2.29. The first-order chi connectivity index (χ1) is 8.60. The molecule has 0 aliphatic heterocycles. The van der Waals surface area contributed by atoms with Crippen molar-refractivity contribution in [2.24, 2.45) is 17.6 Å². The highest BCUT2D eigenvalue weighted by molar-refractivity contribution is 6.30. The summed E-state index contributed by atoms with van der Waals surface area (Å²) >= 11 is 5.74. The summed E-state index contributed by atoms with van der Waals surface area (Å²) in [5.41, 5.74) is 6.04. The van der Waals surface area contributed by atoms with Gasteiger partial charge in [0.2, 0.25) is 5.91 Å². The van der Waals surface area contributed by atoms with Crippen LogP contribution in [0.4, 0.5) is 10.1 Å². The molecular formula is C13H16ClFN2O. The average Bonchev–Trinajstić information content (AvgIpc) is 2.75.